The third kappa shape index (κ3) is 3.30. The van der Waals surface area contributed by atoms with E-state index in [1.165, 1.54) is 11.0 Å². The topological polar surface area (TPSA) is 72.6 Å². The van der Waals surface area contributed by atoms with Crippen molar-refractivity contribution >= 4 is 17.6 Å². The lowest BCUT2D eigenvalue weighted by atomic mass is 10.0. The van der Waals surface area contributed by atoms with Crippen LogP contribution in [-0.2, 0) is 11.2 Å². The van der Waals surface area contributed by atoms with E-state index < -0.39 is 6.09 Å². The number of rotatable bonds is 4. The van der Waals surface area contributed by atoms with Gasteiger partial charge in [0.1, 0.15) is 24.3 Å². The second-order valence-electron chi connectivity index (χ2n) is 7.44. The number of carbonyl (C=O) groups is 1. The molecular formula is C23H20FN5O2. The molecule has 0 radical (unpaired) electrons. The number of aryl methyl sites for hydroxylation is 2. The molecule has 3 aromatic heterocycles. The number of amides is 1. The van der Waals surface area contributed by atoms with Crippen LogP contribution in [0.2, 0.25) is 0 Å². The van der Waals surface area contributed by atoms with E-state index in [0.29, 0.717) is 34.6 Å². The van der Waals surface area contributed by atoms with Crippen molar-refractivity contribution in [2.24, 2.45) is 0 Å². The van der Waals surface area contributed by atoms with Crippen LogP contribution in [0, 0.1) is 12.7 Å². The van der Waals surface area contributed by atoms with Crippen LogP contribution in [-0.4, -0.2) is 32.3 Å². The van der Waals surface area contributed by atoms with Crippen molar-refractivity contribution in [3.8, 4) is 11.1 Å². The number of benzene rings is 1. The molecule has 4 aromatic rings. The summed E-state index contributed by atoms with van der Waals surface area (Å²) < 4.78 is 21.3. The Morgan fingerprint density at radius 3 is 2.84 bits per heavy atom. The zero-order valence-corrected chi connectivity index (χ0v) is 17.1. The highest BCUT2D eigenvalue weighted by Gasteiger charge is 2.37. The maximum atomic E-state index is 14.4. The highest BCUT2D eigenvalue weighted by Crippen LogP contribution is 2.33. The van der Waals surface area contributed by atoms with Crippen molar-refractivity contribution in [1.29, 1.82) is 0 Å². The summed E-state index contributed by atoms with van der Waals surface area (Å²) in [5.74, 6) is 0.167. The largest absolute Gasteiger partial charge is 0.446 e. The number of ether oxygens (including phenoxy) is 1. The van der Waals surface area contributed by atoms with Crippen LogP contribution in [0.1, 0.15) is 29.9 Å². The van der Waals surface area contributed by atoms with Gasteiger partial charge in [-0.25, -0.2) is 23.6 Å². The van der Waals surface area contributed by atoms with Crippen molar-refractivity contribution < 1.29 is 13.9 Å². The normalized spacial score (nSPS) is 16.2. The molecule has 1 aromatic carbocycles. The van der Waals surface area contributed by atoms with Crippen LogP contribution in [0.3, 0.4) is 0 Å². The maximum Gasteiger partial charge on any atom is 0.416 e. The number of anilines is 1. The van der Waals surface area contributed by atoms with Gasteiger partial charge in [0.2, 0.25) is 0 Å². The van der Waals surface area contributed by atoms with E-state index in [0.717, 1.165) is 11.4 Å². The molecule has 4 heterocycles. The van der Waals surface area contributed by atoms with E-state index in [1.807, 2.05) is 38.1 Å². The lowest BCUT2D eigenvalue weighted by Gasteiger charge is -2.20. The van der Waals surface area contributed by atoms with Gasteiger partial charge in [-0.2, -0.15) is 5.10 Å². The van der Waals surface area contributed by atoms with Crippen LogP contribution < -0.4 is 4.90 Å². The minimum Gasteiger partial charge on any atom is -0.446 e. The Kier molecular flexibility index (Phi) is 4.62. The molecular weight excluding hydrogens is 397 g/mol. The Morgan fingerprint density at radius 2 is 2.06 bits per heavy atom. The minimum absolute atomic E-state index is 0.192. The number of aromatic nitrogens is 4. The molecule has 1 atom stereocenters. The second-order valence-corrected chi connectivity index (χ2v) is 7.44. The Morgan fingerprint density at radius 1 is 1.19 bits per heavy atom. The van der Waals surface area contributed by atoms with Gasteiger partial charge in [0.25, 0.3) is 0 Å². The van der Waals surface area contributed by atoms with E-state index in [2.05, 4.69) is 15.1 Å². The van der Waals surface area contributed by atoms with Crippen molar-refractivity contribution in [1.82, 2.24) is 19.6 Å². The number of pyridine rings is 1. The van der Waals surface area contributed by atoms with Crippen LogP contribution >= 0.6 is 0 Å². The van der Waals surface area contributed by atoms with E-state index in [-0.39, 0.29) is 18.5 Å². The molecule has 1 aliphatic heterocycles. The molecule has 7 nitrogen and oxygen atoms in total. The van der Waals surface area contributed by atoms with Crippen LogP contribution in [0.25, 0.3) is 16.8 Å². The number of hydrogen-bond acceptors (Lipinski definition) is 5. The number of cyclic esters (lactones) is 1. The Bertz CT molecular complexity index is 1300. The Balaban J connectivity index is 1.58. The number of fused-ring (bicyclic) bond motifs is 1. The predicted molar refractivity (Wildman–Crippen MR) is 113 cm³/mol. The van der Waals surface area contributed by atoms with Gasteiger partial charge in [0.05, 0.1) is 11.9 Å². The summed E-state index contributed by atoms with van der Waals surface area (Å²) in [6, 6.07) is 12.1. The lowest BCUT2D eigenvalue weighted by Crippen LogP contribution is -2.29. The van der Waals surface area contributed by atoms with Crippen molar-refractivity contribution in [2.75, 3.05) is 11.5 Å². The van der Waals surface area contributed by atoms with Gasteiger partial charge in [-0.15, -0.1) is 0 Å². The number of hydrogen-bond donors (Lipinski definition) is 0. The molecule has 0 saturated carbocycles. The molecule has 0 bridgehead atoms. The van der Waals surface area contributed by atoms with Crippen molar-refractivity contribution in [3.63, 3.8) is 0 Å². The predicted octanol–water partition coefficient (Wildman–Crippen LogP) is 4.50. The molecule has 8 heteroatoms. The molecule has 0 N–H and O–H groups in total. The third-order valence-corrected chi connectivity index (χ3v) is 5.47. The van der Waals surface area contributed by atoms with Gasteiger partial charge >= 0.3 is 6.09 Å². The summed E-state index contributed by atoms with van der Waals surface area (Å²) in [5, 5.41) is 4.33. The minimum atomic E-state index is -0.482. The standard InChI is InChI=1S/C23H20FN5O2/c1-3-15-7-8-16(11-18(15)24)17-12-25-28-10-9-21(27-22(17)28)29-20(13-31-23(29)30)19-6-4-5-14(2)26-19/h4-12,20H,3,13H2,1-2H3. The first-order valence-electron chi connectivity index (χ1n) is 10.1. The van der Waals surface area contributed by atoms with Crippen molar-refractivity contribution in [3.05, 3.63) is 77.6 Å². The fourth-order valence-electron chi connectivity index (χ4n) is 3.84. The summed E-state index contributed by atoms with van der Waals surface area (Å²) >= 11 is 0. The SMILES string of the molecule is CCc1ccc(-c2cnn3ccc(N4C(=O)OCC4c4cccc(C)n4)nc23)cc1F. The Labute approximate surface area is 178 Å². The average Bonchev–Trinajstić information content (AvgIpc) is 3.36. The van der Waals surface area contributed by atoms with Crippen LogP contribution in [0.15, 0.2) is 54.9 Å². The molecule has 1 saturated heterocycles. The van der Waals surface area contributed by atoms with Crippen molar-refractivity contribution in [2.45, 2.75) is 26.3 Å². The summed E-state index contributed by atoms with van der Waals surface area (Å²) in [5.41, 5.74) is 4.13. The van der Waals surface area contributed by atoms with E-state index >= 15 is 0 Å². The lowest BCUT2D eigenvalue weighted by molar-refractivity contribution is 0.178. The summed E-state index contributed by atoms with van der Waals surface area (Å²) in [6.45, 7) is 4.01. The number of nitrogens with zero attached hydrogens (tertiary/aromatic N) is 5. The first-order chi connectivity index (χ1) is 15.0. The van der Waals surface area contributed by atoms with Crippen LogP contribution in [0.5, 0.6) is 0 Å². The zero-order valence-electron chi connectivity index (χ0n) is 17.1. The fraction of sp³-hybridized carbons (Fsp3) is 0.217. The van der Waals surface area contributed by atoms with E-state index in [1.54, 1.807) is 29.0 Å². The van der Waals surface area contributed by atoms with Gasteiger partial charge in [-0.05, 0) is 48.7 Å². The zero-order chi connectivity index (χ0) is 21.5. The van der Waals surface area contributed by atoms with Gasteiger partial charge in [0, 0.05) is 17.5 Å². The molecule has 0 spiro atoms. The first kappa shape index (κ1) is 19.2. The summed E-state index contributed by atoms with van der Waals surface area (Å²) in [4.78, 5) is 23.3. The van der Waals surface area contributed by atoms with Gasteiger partial charge in [-0.1, -0.05) is 25.1 Å². The van der Waals surface area contributed by atoms with E-state index in [4.69, 9.17) is 4.74 Å². The quantitative estimate of drug-likeness (QED) is 0.489. The summed E-state index contributed by atoms with van der Waals surface area (Å²) in [6.07, 6.45) is 3.51. The molecule has 156 valence electrons. The van der Waals surface area contributed by atoms with Crippen LogP contribution in [0.4, 0.5) is 15.0 Å². The number of carbonyl (C=O) groups excluding carboxylic acids is 1. The molecule has 5 rings (SSSR count). The highest BCUT2D eigenvalue weighted by atomic mass is 19.1. The Hall–Kier alpha value is -3.81. The molecule has 31 heavy (non-hydrogen) atoms. The fourth-order valence-corrected chi connectivity index (χ4v) is 3.84. The monoisotopic (exact) mass is 417 g/mol. The molecule has 1 unspecified atom stereocenters. The molecule has 1 fully saturated rings. The molecule has 1 amide bonds. The average molecular weight is 417 g/mol. The van der Waals surface area contributed by atoms with Gasteiger partial charge < -0.3 is 4.74 Å². The number of halogens is 1. The first-order valence-corrected chi connectivity index (χ1v) is 10.1. The molecule has 1 aliphatic rings. The maximum absolute atomic E-state index is 14.4. The highest BCUT2D eigenvalue weighted by molar-refractivity contribution is 5.90. The third-order valence-electron chi connectivity index (χ3n) is 5.47. The summed E-state index contributed by atoms with van der Waals surface area (Å²) in [7, 11) is 0. The van der Waals surface area contributed by atoms with Gasteiger partial charge in [-0.3, -0.25) is 4.98 Å². The van der Waals surface area contributed by atoms with E-state index in [9.17, 15) is 9.18 Å². The smallest absolute Gasteiger partial charge is 0.416 e. The second kappa shape index (κ2) is 7.46. The van der Waals surface area contributed by atoms with Gasteiger partial charge in [0.15, 0.2) is 5.65 Å². The molecule has 0 aliphatic carbocycles.